The molecule has 1 N–H and O–H groups in total. The predicted octanol–water partition coefficient (Wildman–Crippen LogP) is 4.00. The lowest BCUT2D eigenvalue weighted by atomic mass is 10.2. The summed E-state index contributed by atoms with van der Waals surface area (Å²) < 4.78 is 10.5. The van der Waals surface area contributed by atoms with Gasteiger partial charge in [-0.3, -0.25) is 0 Å². The summed E-state index contributed by atoms with van der Waals surface area (Å²) in [6, 6.07) is 9.71. The van der Waals surface area contributed by atoms with E-state index < -0.39 is 7.00 Å². The first-order valence-electron chi connectivity index (χ1n) is 3.63. The van der Waals surface area contributed by atoms with Crippen LogP contribution < -0.4 is 0 Å². The molecule has 0 aromatic heterocycles. The molecule has 0 heterocycles. The van der Waals surface area contributed by atoms with Gasteiger partial charge in [-0.05, 0) is 23.9 Å². The van der Waals surface area contributed by atoms with Crippen molar-refractivity contribution in [1.29, 1.82) is 5.41 Å². The molecular formula is C9H9NOPS2+. The Labute approximate surface area is 94.5 Å². The standard InChI is InChI=1S/C8H7OPS.CHNS/c9-10(11)7-6-8-4-2-1-3-5-8;2-1-3/h1-7H;2H/p+1. The van der Waals surface area contributed by atoms with Crippen LogP contribution in [-0.2, 0) is 4.57 Å². The molecule has 1 aromatic rings. The quantitative estimate of drug-likeness (QED) is 0.356. The Hall–Kier alpha value is -0.790. The summed E-state index contributed by atoms with van der Waals surface area (Å²) in [5, 5.41) is 7.36. The van der Waals surface area contributed by atoms with Crippen molar-refractivity contribution in [3.05, 3.63) is 41.7 Å². The Morgan fingerprint density at radius 2 is 1.93 bits per heavy atom. The van der Waals surface area contributed by atoms with Crippen molar-refractivity contribution in [3.63, 3.8) is 0 Å². The van der Waals surface area contributed by atoms with Gasteiger partial charge in [0, 0.05) is 0 Å². The summed E-state index contributed by atoms with van der Waals surface area (Å²) in [5.41, 5.74) is 1.05. The van der Waals surface area contributed by atoms with Crippen molar-refractivity contribution < 1.29 is 4.57 Å². The second kappa shape index (κ2) is 8.79. The molecule has 0 radical (unpaired) electrons. The predicted molar refractivity (Wildman–Crippen MR) is 67.4 cm³/mol. The summed E-state index contributed by atoms with van der Waals surface area (Å²) >= 11 is 7.56. The van der Waals surface area contributed by atoms with Gasteiger partial charge >= 0.3 is 7.00 Å². The van der Waals surface area contributed by atoms with Gasteiger partial charge in [0.2, 0.25) is 0 Å². The number of thiol groups is 1. The molecule has 1 aromatic carbocycles. The number of isothiocyanates is 1. The zero-order valence-electron chi connectivity index (χ0n) is 7.25. The average molecular weight is 242 g/mol. The third-order valence-electron chi connectivity index (χ3n) is 1.19. The fourth-order valence-electron chi connectivity index (χ4n) is 0.714. The Bertz CT molecular complexity index is 345. The van der Waals surface area contributed by atoms with Crippen LogP contribution in [0.25, 0.3) is 6.08 Å². The summed E-state index contributed by atoms with van der Waals surface area (Å²) in [7, 11) is -1.46. The maximum Gasteiger partial charge on any atom is 0.438 e. The van der Waals surface area contributed by atoms with Crippen LogP contribution in [0.1, 0.15) is 5.56 Å². The highest BCUT2D eigenvalue weighted by molar-refractivity contribution is 8.41. The SMILES string of the molecule is N=C=S.O=[P+](S)C=Cc1ccccc1. The van der Waals surface area contributed by atoms with E-state index in [1.807, 2.05) is 30.3 Å². The summed E-state index contributed by atoms with van der Waals surface area (Å²) in [4.78, 5) is 0. The Balaban J connectivity index is 0.000000500. The highest BCUT2D eigenvalue weighted by atomic mass is 32.7. The van der Waals surface area contributed by atoms with E-state index in [0.29, 0.717) is 0 Å². The van der Waals surface area contributed by atoms with E-state index in [1.165, 1.54) is 0 Å². The third kappa shape index (κ3) is 7.84. The maximum absolute atomic E-state index is 10.5. The van der Waals surface area contributed by atoms with E-state index in [2.05, 4.69) is 24.5 Å². The van der Waals surface area contributed by atoms with Gasteiger partial charge in [-0.2, -0.15) is 0 Å². The third-order valence-corrected chi connectivity index (χ3v) is 2.00. The van der Waals surface area contributed by atoms with E-state index in [0.717, 1.165) is 5.56 Å². The molecule has 1 unspecified atom stereocenters. The van der Waals surface area contributed by atoms with Crippen LogP contribution in [0.4, 0.5) is 0 Å². The van der Waals surface area contributed by atoms with Crippen LogP contribution in [0.3, 0.4) is 0 Å². The molecule has 0 saturated heterocycles. The van der Waals surface area contributed by atoms with Crippen LogP contribution in [0.15, 0.2) is 36.1 Å². The van der Waals surface area contributed by atoms with Crippen LogP contribution in [0.5, 0.6) is 0 Å². The molecule has 0 aliphatic carbocycles. The minimum absolute atomic E-state index is 1.05. The first kappa shape index (κ1) is 13.2. The van der Waals surface area contributed by atoms with Crippen molar-refractivity contribution in [1.82, 2.24) is 0 Å². The number of hydrogen-bond acceptors (Lipinski definition) is 3. The van der Waals surface area contributed by atoms with Gasteiger partial charge in [-0.15, -0.1) is 0 Å². The van der Waals surface area contributed by atoms with Crippen LogP contribution in [-0.4, -0.2) is 5.16 Å². The van der Waals surface area contributed by atoms with E-state index in [9.17, 15) is 4.57 Å². The van der Waals surface area contributed by atoms with Gasteiger partial charge in [0.05, 0.1) is 5.16 Å². The summed E-state index contributed by atoms with van der Waals surface area (Å²) in [6.45, 7) is 0. The molecular weight excluding hydrogens is 233 g/mol. The fourth-order valence-corrected chi connectivity index (χ4v) is 1.21. The number of nitrogens with one attached hydrogen (secondary N) is 1. The van der Waals surface area contributed by atoms with Crippen molar-refractivity contribution in [3.8, 4) is 0 Å². The normalized spacial score (nSPS) is 9.93. The lowest BCUT2D eigenvalue weighted by Gasteiger charge is -1.85. The summed E-state index contributed by atoms with van der Waals surface area (Å²) in [6.07, 6.45) is 1.80. The van der Waals surface area contributed by atoms with Crippen molar-refractivity contribution in [2.75, 3.05) is 0 Å². The lowest BCUT2D eigenvalue weighted by molar-refractivity contribution is 0.601. The number of rotatable bonds is 2. The Morgan fingerprint density at radius 3 is 2.36 bits per heavy atom. The molecule has 0 aliphatic heterocycles. The molecule has 0 aliphatic rings. The second-order valence-corrected chi connectivity index (χ2v) is 4.42. The van der Waals surface area contributed by atoms with E-state index in [4.69, 9.17) is 5.41 Å². The number of thiocarbonyl (C=S) groups is 1. The zero-order valence-corrected chi connectivity index (χ0v) is 9.86. The minimum Gasteiger partial charge on any atom is -0.248 e. The van der Waals surface area contributed by atoms with Crippen molar-refractivity contribution in [2.24, 2.45) is 0 Å². The maximum atomic E-state index is 10.5. The van der Waals surface area contributed by atoms with Crippen LogP contribution in [0.2, 0.25) is 0 Å². The van der Waals surface area contributed by atoms with Crippen LogP contribution in [0, 0.1) is 5.41 Å². The van der Waals surface area contributed by atoms with Crippen LogP contribution >= 0.6 is 31.5 Å². The molecule has 72 valence electrons. The van der Waals surface area contributed by atoms with Gasteiger partial charge < -0.3 is 0 Å². The van der Waals surface area contributed by atoms with Gasteiger partial charge in [0.1, 0.15) is 12.2 Å². The number of hydrogen-bond donors (Lipinski definition) is 2. The molecule has 0 bridgehead atoms. The van der Waals surface area contributed by atoms with E-state index in [1.54, 1.807) is 17.1 Å². The Morgan fingerprint density at radius 1 is 1.43 bits per heavy atom. The molecule has 5 heteroatoms. The van der Waals surface area contributed by atoms with Gasteiger partial charge in [-0.1, -0.05) is 34.9 Å². The average Bonchev–Trinajstić information content (AvgIpc) is 2.18. The van der Waals surface area contributed by atoms with Crippen molar-refractivity contribution in [2.45, 2.75) is 0 Å². The van der Waals surface area contributed by atoms with Gasteiger partial charge in [0.25, 0.3) is 0 Å². The molecule has 2 nitrogen and oxygen atoms in total. The van der Waals surface area contributed by atoms with E-state index >= 15 is 0 Å². The second-order valence-electron chi connectivity index (χ2n) is 2.13. The molecule has 0 fully saturated rings. The Kier molecular flexibility index (Phi) is 8.30. The van der Waals surface area contributed by atoms with E-state index in [-0.39, 0.29) is 0 Å². The molecule has 0 saturated carbocycles. The lowest BCUT2D eigenvalue weighted by Crippen LogP contribution is -1.65. The highest BCUT2D eigenvalue weighted by Crippen LogP contribution is 2.27. The molecule has 1 atom stereocenters. The minimum atomic E-state index is -1.46. The fraction of sp³-hybridized carbons (Fsp3) is 0. The first-order chi connectivity index (χ1) is 6.70. The summed E-state index contributed by atoms with van der Waals surface area (Å²) in [5.74, 6) is 1.58. The topological polar surface area (TPSA) is 40.9 Å². The first-order valence-corrected chi connectivity index (χ1v) is 6.52. The smallest absolute Gasteiger partial charge is 0.248 e. The number of benzene rings is 1. The highest BCUT2D eigenvalue weighted by Gasteiger charge is 1.97. The van der Waals surface area contributed by atoms with Gasteiger partial charge in [-0.25, -0.2) is 5.41 Å². The monoisotopic (exact) mass is 242 g/mol. The zero-order chi connectivity index (χ0) is 10.8. The molecule has 14 heavy (non-hydrogen) atoms. The molecule has 0 amide bonds. The van der Waals surface area contributed by atoms with Gasteiger partial charge in [0.15, 0.2) is 5.82 Å². The largest absolute Gasteiger partial charge is 0.438 e. The van der Waals surface area contributed by atoms with Crippen molar-refractivity contribution >= 4 is 42.7 Å². The molecule has 1 rings (SSSR count). The molecule has 0 spiro atoms.